The lowest BCUT2D eigenvalue weighted by Gasteiger charge is -2.15. The lowest BCUT2D eigenvalue weighted by molar-refractivity contribution is 0.645. The number of aromatic nitrogens is 1. The molecule has 2 rings (SSSR count). The number of anilines is 1. The van der Waals surface area contributed by atoms with Crippen molar-refractivity contribution in [2.24, 2.45) is 0 Å². The number of rotatable bonds is 5. The van der Waals surface area contributed by atoms with Gasteiger partial charge in [-0.3, -0.25) is 0 Å². The highest BCUT2D eigenvalue weighted by molar-refractivity contribution is 5.45. The Bertz CT molecular complexity index is 319. The Morgan fingerprint density at radius 2 is 2.50 bits per heavy atom. The molecule has 3 nitrogen and oxygen atoms in total. The van der Waals surface area contributed by atoms with E-state index in [2.05, 4.69) is 28.6 Å². The van der Waals surface area contributed by atoms with Gasteiger partial charge in [-0.25, -0.2) is 4.98 Å². The maximum atomic E-state index is 4.44. The molecule has 0 aliphatic carbocycles. The highest BCUT2D eigenvalue weighted by Gasteiger charge is 2.19. The molecule has 88 valence electrons. The minimum absolute atomic E-state index is 0.498. The van der Waals surface area contributed by atoms with Crippen molar-refractivity contribution in [3.63, 3.8) is 0 Å². The van der Waals surface area contributed by atoms with Crippen LogP contribution in [0.1, 0.15) is 44.2 Å². The zero-order valence-electron chi connectivity index (χ0n) is 10.00. The van der Waals surface area contributed by atoms with E-state index < -0.39 is 0 Å². The second kappa shape index (κ2) is 5.85. The smallest absolute Gasteiger partial charge is 0.130 e. The summed E-state index contributed by atoms with van der Waals surface area (Å²) in [5, 5.41) is 6.96. The first kappa shape index (κ1) is 11.4. The number of hydrogen-bond donors (Lipinski definition) is 2. The topological polar surface area (TPSA) is 37.0 Å². The molecule has 0 amide bonds. The third kappa shape index (κ3) is 2.73. The third-order valence-corrected chi connectivity index (χ3v) is 3.10. The van der Waals surface area contributed by atoms with E-state index in [4.69, 9.17) is 0 Å². The van der Waals surface area contributed by atoms with E-state index in [9.17, 15) is 0 Å². The SMILES string of the molecule is CCCCNc1ncccc1[C@@H]1CCCN1. The first-order valence-corrected chi connectivity index (χ1v) is 6.34. The summed E-state index contributed by atoms with van der Waals surface area (Å²) in [6.45, 7) is 4.36. The van der Waals surface area contributed by atoms with Crippen LogP contribution in [-0.2, 0) is 0 Å². The molecule has 3 heteroatoms. The molecule has 1 aromatic heterocycles. The van der Waals surface area contributed by atoms with Crippen LogP contribution in [0.5, 0.6) is 0 Å². The molecule has 1 aliphatic rings. The maximum absolute atomic E-state index is 4.44. The van der Waals surface area contributed by atoms with Gasteiger partial charge in [-0.05, 0) is 31.9 Å². The molecule has 1 aliphatic heterocycles. The van der Waals surface area contributed by atoms with Crippen molar-refractivity contribution < 1.29 is 0 Å². The number of hydrogen-bond acceptors (Lipinski definition) is 3. The van der Waals surface area contributed by atoms with Gasteiger partial charge in [-0.15, -0.1) is 0 Å². The Hall–Kier alpha value is -1.09. The first-order valence-electron chi connectivity index (χ1n) is 6.34. The standard InChI is InChI=1S/C13H21N3/c1-2-3-8-15-13-11(6-4-10-16-13)12-7-5-9-14-12/h4,6,10,12,14H,2-3,5,7-9H2,1H3,(H,15,16)/t12-/m0/s1. The summed E-state index contributed by atoms with van der Waals surface area (Å²) in [6, 6.07) is 4.71. The summed E-state index contributed by atoms with van der Waals surface area (Å²) < 4.78 is 0. The fourth-order valence-electron chi connectivity index (χ4n) is 2.18. The van der Waals surface area contributed by atoms with Crippen LogP contribution in [0, 0.1) is 0 Å². The summed E-state index contributed by atoms with van der Waals surface area (Å²) in [4.78, 5) is 4.44. The van der Waals surface area contributed by atoms with Crippen LogP contribution in [0.15, 0.2) is 18.3 Å². The van der Waals surface area contributed by atoms with Gasteiger partial charge < -0.3 is 10.6 Å². The van der Waals surface area contributed by atoms with Gasteiger partial charge in [0.1, 0.15) is 5.82 Å². The Kier molecular flexibility index (Phi) is 4.17. The van der Waals surface area contributed by atoms with Gasteiger partial charge in [0, 0.05) is 24.3 Å². The van der Waals surface area contributed by atoms with Crippen LogP contribution < -0.4 is 10.6 Å². The molecule has 1 aromatic rings. The summed E-state index contributed by atoms with van der Waals surface area (Å²) >= 11 is 0. The van der Waals surface area contributed by atoms with Gasteiger partial charge in [0.2, 0.25) is 0 Å². The molecule has 1 saturated heterocycles. The van der Waals surface area contributed by atoms with Crippen molar-refractivity contribution in [2.75, 3.05) is 18.4 Å². The highest BCUT2D eigenvalue weighted by Crippen LogP contribution is 2.27. The van der Waals surface area contributed by atoms with Crippen LogP contribution in [0.2, 0.25) is 0 Å². The Morgan fingerprint density at radius 1 is 1.56 bits per heavy atom. The maximum Gasteiger partial charge on any atom is 0.130 e. The second-order valence-electron chi connectivity index (χ2n) is 4.37. The van der Waals surface area contributed by atoms with Crippen molar-refractivity contribution in [2.45, 2.75) is 38.6 Å². The van der Waals surface area contributed by atoms with Crippen molar-refractivity contribution >= 4 is 5.82 Å². The molecular weight excluding hydrogens is 198 g/mol. The normalized spacial score (nSPS) is 19.9. The van der Waals surface area contributed by atoms with Crippen molar-refractivity contribution in [3.05, 3.63) is 23.9 Å². The van der Waals surface area contributed by atoms with Gasteiger partial charge in [-0.1, -0.05) is 19.4 Å². The van der Waals surface area contributed by atoms with Crippen LogP contribution in [0.25, 0.3) is 0 Å². The molecule has 1 fully saturated rings. The Balaban J connectivity index is 2.04. The van der Waals surface area contributed by atoms with Crippen LogP contribution in [0.3, 0.4) is 0 Å². The van der Waals surface area contributed by atoms with Crippen molar-refractivity contribution in [3.8, 4) is 0 Å². The largest absolute Gasteiger partial charge is 0.370 e. The van der Waals surface area contributed by atoms with E-state index in [0.29, 0.717) is 6.04 Å². The van der Waals surface area contributed by atoms with E-state index in [0.717, 1.165) is 18.9 Å². The van der Waals surface area contributed by atoms with E-state index in [1.165, 1.54) is 31.2 Å². The first-order chi connectivity index (χ1) is 7.92. The second-order valence-corrected chi connectivity index (χ2v) is 4.37. The minimum atomic E-state index is 0.498. The molecule has 0 saturated carbocycles. The predicted molar refractivity (Wildman–Crippen MR) is 67.6 cm³/mol. The van der Waals surface area contributed by atoms with Crippen LogP contribution in [0.4, 0.5) is 5.82 Å². The van der Waals surface area contributed by atoms with Gasteiger partial charge in [0.25, 0.3) is 0 Å². The number of nitrogens with zero attached hydrogens (tertiary/aromatic N) is 1. The zero-order chi connectivity index (χ0) is 11.2. The molecular formula is C13H21N3. The summed E-state index contributed by atoms with van der Waals surface area (Å²) in [5.74, 6) is 1.07. The zero-order valence-corrected chi connectivity index (χ0v) is 10.00. The number of nitrogens with one attached hydrogen (secondary N) is 2. The van der Waals surface area contributed by atoms with Gasteiger partial charge in [0.15, 0.2) is 0 Å². The fraction of sp³-hybridized carbons (Fsp3) is 0.615. The van der Waals surface area contributed by atoms with Crippen LogP contribution >= 0.6 is 0 Å². The predicted octanol–water partition coefficient (Wildman–Crippen LogP) is 2.72. The summed E-state index contributed by atoms with van der Waals surface area (Å²) in [7, 11) is 0. The van der Waals surface area contributed by atoms with E-state index in [1.54, 1.807) is 0 Å². The molecule has 0 aromatic carbocycles. The summed E-state index contributed by atoms with van der Waals surface area (Å²) in [5.41, 5.74) is 1.33. The average Bonchev–Trinajstić information content (AvgIpc) is 2.83. The Morgan fingerprint density at radius 3 is 3.25 bits per heavy atom. The van der Waals surface area contributed by atoms with Crippen LogP contribution in [-0.4, -0.2) is 18.1 Å². The quantitative estimate of drug-likeness (QED) is 0.748. The molecule has 16 heavy (non-hydrogen) atoms. The molecule has 0 radical (unpaired) electrons. The van der Waals surface area contributed by atoms with Gasteiger partial charge in [-0.2, -0.15) is 0 Å². The van der Waals surface area contributed by atoms with E-state index >= 15 is 0 Å². The lowest BCUT2D eigenvalue weighted by Crippen LogP contribution is -2.16. The molecule has 2 N–H and O–H groups in total. The van der Waals surface area contributed by atoms with E-state index in [-0.39, 0.29) is 0 Å². The minimum Gasteiger partial charge on any atom is -0.370 e. The molecule has 0 bridgehead atoms. The number of unbranched alkanes of at least 4 members (excludes halogenated alkanes) is 1. The molecule has 2 heterocycles. The monoisotopic (exact) mass is 219 g/mol. The van der Waals surface area contributed by atoms with Crippen molar-refractivity contribution in [1.29, 1.82) is 0 Å². The fourth-order valence-corrected chi connectivity index (χ4v) is 2.18. The average molecular weight is 219 g/mol. The van der Waals surface area contributed by atoms with Gasteiger partial charge in [0.05, 0.1) is 0 Å². The van der Waals surface area contributed by atoms with Crippen molar-refractivity contribution in [1.82, 2.24) is 10.3 Å². The highest BCUT2D eigenvalue weighted by atomic mass is 15.0. The third-order valence-electron chi connectivity index (χ3n) is 3.10. The lowest BCUT2D eigenvalue weighted by atomic mass is 10.1. The number of pyridine rings is 1. The summed E-state index contributed by atoms with van der Waals surface area (Å²) in [6.07, 6.45) is 6.79. The molecule has 0 unspecified atom stereocenters. The molecule has 0 spiro atoms. The Labute approximate surface area is 97.7 Å². The van der Waals surface area contributed by atoms with Gasteiger partial charge >= 0.3 is 0 Å². The molecule has 1 atom stereocenters. The van der Waals surface area contributed by atoms with E-state index in [1.807, 2.05) is 12.3 Å².